The third kappa shape index (κ3) is 5.64. The Morgan fingerprint density at radius 2 is 1.26 bits per heavy atom. The van der Waals surface area contributed by atoms with Gasteiger partial charge >= 0.3 is 0 Å². The van der Waals surface area contributed by atoms with Gasteiger partial charge in [0.1, 0.15) is 0 Å². The number of rotatable bonds is 6. The molecule has 27 heavy (non-hydrogen) atoms. The lowest BCUT2D eigenvalue weighted by atomic mass is 10.1. The van der Waals surface area contributed by atoms with Gasteiger partial charge in [0, 0.05) is 34.2 Å². The summed E-state index contributed by atoms with van der Waals surface area (Å²) in [7, 11) is 0. The average Bonchev–Trinajstić information content (AvgIpc) is 2.62. The summed E-state index contributed by atoms with van der Waals surface area (Å²) in [5, 5.41) is 5.24. The normalized spacial score (nSPS) is 10.8. The predicted molar refractivity (Wildman–Crippen MR) is 102 cm³/mol. The van der Waals surface area contributed by atoms with E-state index in [1.807, 2.05) is 0 Å². The Hall–Kier alpha value is -3.74. The van der Waals surface area contributed by atoms with Gasteiger partial charge < -0.3 is 16.4 Å². The van der Waals surface area contributed by atoms with E-state index in [-0.39, 0.29) is 11.4 Å². The number of anilines is 2. The van der Waals surface area contributed by atoms with Gasteiger partial charge in [-0.2, -0.15) is 0 Å². The van der Waals surface area contributed by atoms with Gasteiger partial charge in [0.15, 0.2) is 5.78 Å². The number of Topliss-reactive ketones (excluding diaryl/α,β-unsaturated/α-hetero) is 1. The first-order valence-corrected chi connectivity index (χ1v) is 8.08. The zero-order valence-electron chi connectivity index (χ0n) is 14.9. The number of nitrogens with two attached hydrogens (primary N) is 1. The Balaban J connectivity index is 1.98. The Morgan fingerprint density at radius 1 is 0.778 bits per heavy atom. The van der Waals surface area contributed by atoms with Gasteiger partial charge in [-0.25, -0.2) is 0 Å². The second kappa shape index (κ2) is 8.57. The van der Waals surface area contributed by atoms with Crippen LogP contribution >= 0.6 is 0 Å². The lowest BCUT2D eigenvalue weighted by Gasteiger charge is -2.07. The first kappa shape index (κ1) is 19.6. The summed E-state index contributed by atoms with van der Waals surface area (Å²) in [5.74, 6) is -1.55. The van der Waals surface area contributed by atoms with E-state index in [1.165, 1.54) is 32.1 Å². The van der Waals surface area contributed by atoms with Crippen molar-refractivity contribution in [1.29, 1.82) is 0 Å². The zero-order valence-corrected chi connectivity index (χ0v) is 14.9. The number of hydrogen-bond acceptors (Lipinski definition) is 4. The minimum Gasteiger partial charge on any atom is -0.366 e. The number of ketones is 1. The summed E-state index contributed by atoms with van der Waals surface area (Å²) in [6.07, 6.45) is 1.17. The largest absolute Gasteiger partial charge is 0.366 e. The van der Waals surface area contributed by atoms with Gasteiger partial charge in [0.25, 0.3) is 5.91 Å². The summed E-state index contributed by atoms with van der Waals surface area (Å²) < 4.78 is 0. The molecule has 0 radical (unpaired) electrons. The second-order valence-electron chi connectivity index (χ2n) is 5.85. The van der Waals surface area contributed by atoms with Crippen molar-refractivity contribution in [2.45, 2.75) is 13.8 Å². The van der Waals surface area contributed by atoms with Gasteiger partial charge in [-0.1, -0.05) is 0 Å². The highest BCUT2D eigenvalue weighted by molar-refractivity contribution is 6.10. The number of hydrogen-bond donors (Lipinski definition) is 3. The minimum absolute atomic E-state index is 0.0656. The Morgan fingerprint density at radius 3 is 1.74 bits per heavy atom. The molecule has 0 fully saturated rings. The smallest absolute Gasteiger partial charge is 0.251 e. The molecule has 0 aliphatic rings. The van der Waals surface area contributed by atoms with Crippen LogP contribution in [0.2, 0.25) is 0 Å². The number of amides is 3. The number of primary amides is 1. The molecule has 138 valence electrons. The number of nitrogens with one attached hydrogen (secondary N) is 2. The summed E-state index contributed by atoms with van der Waals surface area (Å²) in [4.78, 5) is 46.5. The van der Waals surface area contributed by atoms with Crippen LogP contribution in [0.3, 0.4) is 0 Å². The first-order chi connectivity index (χ1) is 12.8. The number of carbonyl (C=O) groups excluding carboxylic acids is 4. The van der Waals surface area contributed by atoms with E-state index >= 15 is 0 Å². The average molecular weight is 365 g/mol. The van der Waals surface area contributed by atoms with Crippen molar-refractivity contribution in [3.8, 4) is 0 Å². The second-order valence-corrected chi connectivity index (χ2v) is 5.85. The van der Waals surface area contributed by atoms with Crippen molar-refractivity contribution in [3.05, 3.63) is 71.3 Å². The fourth-order valence-corrected chi connectivity index (χ4v) is 2.18. The maximum absolute atomic E-state index is 12.2. The molecule has 0 saturated heterocycles. The summed E-state index contributed by atoms with van der Waals surface area (Å²) >= 11 is 0. The molecule has 0 aliphatic heterocycles. The van der Waals surface area contributed by atoms with Crippen LogP contribution in [0.25, 0.3) is 0 Å². The van der Waals surface area contributed by atoms with Gasteiger partial charge in [0.05, 0.1) is 0 Å². The molecule has 0 unspecified atom stereocenters. The van der Waals surface area contributed by atoms with Crippen LogP contribution in [0.4, 0.5) is 11.4 Å². The van der Waals surface area contributed by atoms with Crippen LogP contribution in [0.5, 0.6) is 0 Å². The summed E-state index contributed by atoms with van der Waals surface area (Å²) in [5.41, 5.74) is 7.21. The molecule has 2 aromatic carbocycles. The monoisotopic (exact) mass is 365 g/mol. The maximum Gasteiger partial charge on any atom is 0.251 e. The molecule has 4 N–H and O–H groups in total. The minimum atomic E-state index is -0.558. The molecule has 0 aromatic heterocycles. The van der Waals surface area contributed by atoms with Crippen LogP contribution in [0, 0.1) is 0 Å². The number of carbonyl (C=O) groups is 4. The molecule has 2 aromatic rings. The Labute approximate surface area is 156 Å². The molecule has 7 nitrogen and oxygen atoms in total. The van der Waals surface area contributed by atoms with Crippen molar-refractivity contribution in [2.75, 3.05) is 10.6 Å². The molecule has 0 bridgehead atoms. The maximum atomic E-state index is 12.2. The molecular formula is C20H19N3O4. The zero-order chi connectivity index (χ0) is 20.0. The van der Waals surface area contributed by atoms with Gasteiger partial charge in [0.2, 0.25) is 11.8 Å². The molecule has 0 saturated carbocycles. The molecule has 3 amide bonds. The van der Waals surface area contributed by atoms with E-state index in [9.17, 15) is 19.2 Å². The highest BCUT2D eigenvalue weighted by Gasteiger charge is 2.09. The van der Waals surface area contributed by atoms with E-state index in [0.29, 0.717) is 22.5 Å². The quantitative estimate of drug-likeness (QED) is 0.538. The van der Waals surface area contributed by atoms with Crippen molar-refractivity contribution >= 4 is 34.9 Å². The van der Waals surface area contributed by atoms with E-state index in [0.717, 1.165) is 0 Å². The van der Waals surface area contributed by atoms with Crippen molar-refractivity contribution < 1.29 is 19.2 Å². The van der Waals surface area contributed by atoms with Gasteiger partial charge in [-0.05, 0) is 62.4 Å². The first-order valence-electron chi connectivity index (χ1n) is 8.08. The van der Waals surface area contributed by atoms with E-state index in [2.05, 4.69) is 10.6 Å². The third-order valence-corrected chi connectivity index (χ3v) is 3.69. The fraction of sp³-hybridized carbons (Fsp3) is 0.100. The highest BCUT2D eigenvalue weighted by atomic mass is 16.2. The topological polar surface area (TPSA) is 118 Å². The molecule has 7 heteroatoms. The molecule has 0 heterocycles. The number of benzene rings is 2. The standard InChI is InChI=1S/C20H19N3O4/c1-12(20(27)23-17-9-5-15(6-10-17)19(21)26)11-18(25)22-16-7-3-14(4-8-16)13(2)24/h3-11H,1-2H3,(H2,21,26)(H,22,25)(H,23,27)/b12-11-. The Kier molecular flexibility index (Phi) is 6.22. The van der Waals surface area contributed by atoms with Gasteiger partial charge in [-0.3, -0.25) is 19.2 Å². The van der Waals surface area contributed by atoms with E-state index < -0.39 is 17.7 Å². The van der Waals surface area contributed by atoms with Crippen LogP contribution in [0.15, 0.2) is 60.2 Å². The van der Waals surface area contributed by atoms with Crippen molar-refractivity contribution in [2.24, 2.45) is 5.73 Å². The third-order valence-electron chi connectivity index (χ3n) is 3.69. The predicted octanol–water partition coefficient (Wildman–Crippen LogP) is 2.51. The van der Waals surface area contributed by atoms with Crippen molar-refractivity contribution in [3.63, 3.8) is 0 Å². The lowest BCUT2D eigenvalue weighted by molar-refractivity contribution is -0.114. The van der Waals surface area contributed by atoms with Crippen LogP contribution < -0.4 is 16.4 Å². The van der Waals surface area contributed by atoms with E-state index in [4.69, 9.17) is 5.73 Å². The van der Waals surface area contributed by atoms with Crippen molar-refractivity contribution in [1.82, 2.24) is 0 Å². The van der Waals surface area contributed by atoms with E-state index in [1.54, 1.807) is 36.4 Å². The summed E-state index contributed by atoms with van der Waals surface area (Å²) in [6.45, 7) is 2.96. The fourth-order valence-electron chi connectivity index (χ4n) is 2.18. The molecule has 0 aliphatic carbocycles. The molecule has 0 spiro atoms. The van der Waals surface area contributed by atoms with Gasteiger partial charge in [-0.15, -0.1) is 0 Å². The SMILES string of the molecule is CC(=O)c1ccc(NC(=O)/C=C(/C)C(=O)Nc2ccc(C(N)=O)cc2)cc1. The van der Waals surface area contributed by atoms with Crippen LogP contribution in [-0.2, 0) is 9.59 Å². The van der Waals surface area contributed by atoms with Crippen LogP contribution in [0.1, 0.15) is 34.6 Å². The Bertz CT molecular complexity index is 913. The summed E-state index contributed by atoms with van der Waals surface area (Å²) in [6, 6.07) is 12.5. The van der Waals surface area contributed by atoms with Crippen LogP contribution in [-0.4, -0.2) is 23.5 Å². The molecular weight excluding hydrogens is 346 g/mol. The highest BCUT2D eigenvalue weighted by Crippen LogP contribution is 2.12. The lowest BCUT2D eigenvalue weighted by Crippen LogP contribution is -2.16. The molecule has 2 rings (SSSR count). The molecule has 0 atom stereocenters.